The van der Waals surface area contributed by atoms with Crippen LogP contribution in [0, 0.1) is 41.4 Å². The Balaban J connectivity index is 1.34. The van der Waals surface area contributed by atoms with E-state index >= 15 is 0 Å². The standard InChI is InChI=1S/C59H84O5/c1-39-36-53(10,11)38-59(37-39,44-26-32-48(40(2)34-44)63-57(18,19)52(7,8)9)45-27-33-49(41(3)35-45)64-58(20,21)55(14,15)50(60)61-46-28-22-42(23-29-46)54(12,13)43-24-30-47(31-25-43)62-56(16,17)51(4,5)6/h22-35,39H,36-38H2,1-21H3. The third-order valence-electron chi connectivity index (χ3n) is 15.9. The molecule has 5 nitrogen and oxygen atoms in total. The molecule has 350 valence electrons. The van der Waals surface area contributed by atoms with Gasteiger partial charge in [-0.1, -0.05) is 125 Å². The van der Waals surface area contributed by atoms with E-state index in [9.17, 15) is 4.79 Å². The highest BCUT2D eigenvalue weighted by atomic mass is 16.5. The molecule has 1 fully saturated rings. The molecule has 4 aromatic carbocycles. The van der Waals surface area contributed by atoms with Crippen LogP contribution in [0.25, 0.3) is 0 Å². The van der Waals surface area contributed by atoms with Crippen molar-refractivity contribution in [3.8, 4) is 23.0 Å². The van der Waals surface area contributed by atoms with E-state index in [2.05, 4.69) is 178 Å². The van der Waals surface area contributed by atoms with Crippen molar-refractivity contribution in [2.45, 2.75) is 192 Å². The van der Waals surface area contributed by atoms with Crippen molar-refractivity contribution in [2.75, 3.05) is 0 Å². The molecule has 0 amide bonds. The maximum atomic E-state index is 14.1. The van der Waals surface area contributed by atoms with Gasteiger partial charge >= 0.3 is 5.97 Å². The number of hydrogen-bond acceptors (Lipinski definition) is 5. The summed E-state index contributed by atoms with van der Waals surface area (Å²) >= 11 is 0. The molecule has 0 heterocycles. The number of carbonyl (C=O) groups excluding carboxylic acids is 1. The van der Waals surface area contributed by atoms with Crippen molar-refractivity contribution in [3.05, 3.63) is 118 Å². The quantitative estimate of drug-likeness (QED) is 0.0989. The van der Waals surface area contributed by atoms with Crippen molar-refractivity contribution in [1.82, 2.24) is 0 Å². The lowest BCUT2D eigenvalue weighted by molar-refractivity contribution is -0.155. The van der Waals surface area contributed by atoms with E-state index in [1.54, 1.807) is 0 Å². The SMILES string of the molecule is Cc1cc(C2(c3ccc(OC(C)(C)C(C)(C)C(=O)Oc4ccc(C(C)(C)c5ccc(OC(C)(C)C(C)(C)C)cc5)cc4)c(C)c3)CC(C)CC(C)(C)C2)ccc1OC(C)(C)C(C)(C)C. The molecular formula is C59H84O5. The van der Waals surface area contributed by atoms with Gasteiger partial charge in [-0.3, -0.25) is 4.79 Å². The smallest absolute Gasteiger partial charge is 0.320 e. The molecule has 0 aromatic heterocycles. The Kier molecular flexibility index (Phi) is 13.6. The second-order valence-corrected chi connectivity index (χ2v) is 24.9. The number of hydrogen-bond donors (Lipinski definition) is 0. The second kappa shape index (κ2) is 17.2. The summed E-state index contributed by atoms with van der Waals surface area (Å²) in [5, 5.41) is 0. The Hall–Kier alpha value is -4.25. The summed E-state index contributed by atoms with van der Waals surface area (Å²) in [6, 6.07) is 29.9. The van der Waals surface area contributed by atoms with E-state index in [0.717, 1.165) is 46.8 Å². The normalized spacial score (nSPS) is 18.9. The first-order chi connectivity index (χ1) is 29.0. The molecular weight excluding hydrogens is 789 g/mol. The van der Waals surface area contributed by atoms with Crippen LogP contribution in [-0.2, 0) is 15.6 Å². The van der Waals surface area contributed by atoms with E-state index in [1.165, 1.54) is 23.1 Å². The Morgan fingerprint density at radius 3 is 1.34 bits per heavy atom. The van der Waals surface area contributed by atoms with Gasteiger partial charge in [-0.15, -0.1) is 0 Å². The lowest BCUT2D eigenvalue weighted by Gasteiger charge is -2.49. The van der Waals surface area contributed by atoms with Gasteiger partial charge in [0.2, 0.25) is 0 Å². The zero-order valence-electron chi connectivity index (χ0n) is 43.8. The first-order valence-electron chi connectivity index (χ1n) is 23.8. The number of ether oxygens (including phenoxy) is 4. The molecule has 5 heteroatoms. The van der Waals surface area contributed by atoms with Gasteiger partial charge in [0.25, 0.3) is 0 Å². The van der Waals surface area contributed by atoms with Crippen molar-refractivity contribution in [3.63, 3.8) is 0 Å². The van der Waals surface area contributed by atoms with E-state index in [0.29, 0.717) is 11.7 Å². The van der Waals surface area contributed by atoms with Crippen LogP contribution in [-0.4, -0.2) is 22.8 Å². The summed E-state index contributed by atoms with van der Waals surface area (Å²) in [5.41, 5.74) is 4.25. The van der Waals surface area contributed by atoms with E-state index < -0.39 is 11.0 Å². The molecule has 0 aliphatic heterocycles. The summed E-state index contributed by atoms with van der Waals surface area (Å²) in [5.74, 6) is 3.27. The van der Waals surface area contributed by atoms with Gasteiger partial charge in [0, 0.05) is 21.7 Å². The topological polar surface area (TPSA) is 54.0 Å². The molecule has 1 aliphatic rings. The van der Waals surface area contributed by atoms with E-state index in [-0.39, 0.29) is 44.2 Å². The third-order valence-corrected chi connectivity index (χ3v) is 15.9. The highest BCUT2D eigenvalue weighted by Gasteiger charge is 2.49. The van der Waals surface area contributed by atoms with Crippen molar-refractivity contribution >= 4 is 5.97 Å². The van der Waals surface area contributed by atoms with E-state index in [1.807, 2.05) is 52.0 Å². The van der Waals surface area contributed by atoms with E-state index in [4.69, 9.17) is 18.9 Å². The minimum absolute atomic E-state index is 0.00969. The minimum atomic E-state index is -0.992. The van der Waals surface area contributed by atoms with Gasteiger partial charge in [0.15, 0.2) is 0 Å². The zero-order chi connectivity index (χ0) is 48.3. The van der Waals surface area contributed by atoms with Gasteiger partial charge < -0.3 is 18.9 Å². The van der Waals surface area contributed by atoms with Gasteiger partial charge in [0.1, 0.15) is 45.2 Å². The lowest BCUT2D eigenvalue weighted by atomic mass is 9.55. The van der Waals surface area contributed by atoms with Crippen LogP contribution in [0.15, 0.2) is 84.9 Å². The van der Waals surface area contributed by atoms with Crippen molar-refractivity contribution < 1.29 is 23.7 Å². The largest absolute Gasteiger partial charge is 0.487 e. The highest BCUT2D eigenvalue weighted by molar-refractivity contribution is 5.80. The summed E-state index contributed by atoms with van der Waals surface area (Å²) in [6.07, 6.45) is 3.29. The Labute approximate surface area is 389 Å². The Morgan fingerprint density at radius 1 is 0.531 bits per heavy atom. The average molecular weight is 873 g/mol. The minimum Gasteiger partial charge on any atom is -0.487 e. The zero-order valence-corrected chi connectivity index (χ0v) is 43.8. The van der Waals surface area contributed by atoms with Crippen LogP contribution in [0.2, 0.25) is 0 Å². The summed E-state index contributed by atoms with van der Waals surface area (Å²) in [7, 11) is 0. The van der Waals surface area contributed by atoms with Gasteiger partial charge in [0.05, 0.1) is 0 Å². The molecule has 0 spiro atoms. The van der Waals surface area contributed by atoms with Crippen LogP contribution in [0.3, 0.4) is 0 Å². The summed E-state index contributed by atoms with van der Waals surface area (Å²) < 4.78 is 26.0. The number of aryl methyl sites for hydroxylation is 2. The molecule has 4 aromatic rings. The molecule has 0 saturated heterocycles. The highest BCUT2D eigenvalue weighted by Crippen LogP contribution is 2.55. The van der Waals surface area contributed by atoms with Crippen molar-refractivity contribution in [2.24, 2.45) is 27.6 Å². The molecule has 64 heavy (non-hydrogen) atoms. The fraction of sp³-hybridized carbons (Fsp3) is 0.576. The van der Waals surface area contributed by atoms with Crippen LogP contribution in [0.1, 0.15) is 184 Å². The molecule has 0 N–H and O–H groups in total. The number of carbonyl (C=O) groups is 1. The number of benzene rings is 4. The Bertz CT molecular complexity index is 2270. The van der Waals surface area contributed by atoms with Gasteiger partial charge in [-0.25, -0.2) is 0 Å². The fourth-order valence-corrected chi connectivity index (χ4v) is 9.11. The third kappa shape index (κ3) is 10.4. The second-order valence-electron chi connectivity index (χ2n) is 24.9. The molecule has 0 bridgehead atoms. The average Bonchev–Trinajstić information content (AvgIpc) is 3.14. The number of rotatable bonds is 13. The van der Waals surface area contributed by atoms with Gasteiger partial charge in [-0.2, -0.15) is 0 Å². The van der Waals surface area contributed by atoms with Crippen LogP contribution >= 0.6 is 0 Å². The Morgan fingerprint density at radius 2 is 0.938 bits per heavy atom. The molecule has 5 rings (SSSR count). The monoisotopic (exact) mass is 873 g/mol. The molecule has 1 saturated carbocycles. The lowest BCUT2D eigenvalue weighted by Crippen LogP contribution is -2.51. The molecule has 1 aliphatic carbocycles. The predicted octanol–water partition coefficient (Wildman–Crippen LogP) is 16.0. The summed E-state index contributed by atoms with van der Waals surface area (Å²) in [4.78, 5) is 14.1. The molecule has 2 unspecified atom stereocenters. The first-order valence-corrected chi connectivity index (χ1v) is 23.8. The van der Waals surface area contributed by atoms with Crippen LogP contribution in [0.4, 0.5) is 0 Å². The predicted molar refractivity (Wildman–Crippen MR) is 267 cm³/mol. The van der Waals surface area contributed by atoms with Crippen LogP contribution < -0.4 is 18.9 Å². The summed E-state index contributed by atoms with van der Waals surface area (Å²) in [6.45, 7) is 45.6. The fourth-order valence-electron chi connectivity index (χ4n) is 9.11. The molecule has 0 radical (unpaired) electrons. The maximum Gasteiger partial charge on any atom is 0.320 e. The first kappa shape index (κ1) is 50.7. The van der Waals surface area contributed by atoms with Crippen LogP contribution in [0.5, 0.6) is 23.0 Å². The maximum absolute atomic E-state index is 14.1. The van der Waals surface area contributed by atoms with Crippen molar-refractivity contribution in [1.29, 1.82) is 0 Å². The van der Waals surface area contributed by atoms with Gasteiger partial charge in [-0.05, 0) is 170 Å². The molecule has 2 atom stereocenters. The number of esters is 1.